The zero-order valence-corrected chi connectivity index (χ0v) is 28.5. The molecule has 0 bridgehead atoms. The Morgan fingerprint density at radius 3 is 2.21 bits per heavy atom. The Kier molecular flexibility index (Phi) is 8.06. The highest BCUT2D eigenvalue weighted by atomic mass is 16.5. The van der Waals surface area contributed by atoms with Crippen LogP contribution in [0.5, 0.6) is 11.5 Å². The van der Waals surface area contributed by atoms with Crippen molar-refractivity contribution in [3.05, 3.63) is 79.6 Å². The average Bonchev–Trinajstić information content (AvgIpc) is 3.72. The maximum absolute atomic E-state index is 13.5. The highest BCUT2D eigenvalue weighted by Crippen LogP contribution is 2.48. The van der Waals surface area contributed by atoms with E-state index in [1.165, 1.54) is 0 Å². The summed E-state index contributed by atoms with van der Waals surface area (Å²) < 4.78 is 16.7. The van der Waals surface area contributed by atoms with E-state index in [4.69, 9.17) is 9.47 Å². The molecule has 1 N–H and O–H groups in total. The number of carbonyl (C=O) groups excluding carboxylic acids is 2. The van der Waals surface area contributed by atoms with Crippen LogP contribution in [-0.2, 0) is 30.2 Å². The van der Waals surface area contributed by atoms with Gasteiger partial charge in [-0.05, 0) is 85.8 Å². The Labute approximate surface area is 279 Å². The number of nitrogens with one attached hydrogen (secondary N) is 1. The van der Waals surface area contributed by atoms with E-state index in [0.717, 1.165) is 81.8 Å². The minimum atomic E-state index is -0.691. The number of hydrogen-bond donors (Lipinski definition) is 1. The minimum Gasteiger partial charge on any atom is -0.496 e. The molecule has 3 atom stereocenters. The van der Waals surface area contributed by atoms with E-state index in [2.05, 4.69) is 16.3 Å². The number of para-hydroxylation sites is 1. The number of aryl methyl sites for hydroxylation is 2. The first-order valence-electron chi connectivity index (χ1n) is 16.7. The molecule has 3 fully saturated rings. The number of ether oxygens (including phenoxy) is 2. The van der Waals surface area contributed by atoms with Gasteiger partial charge in [0, 0.05) is 57.5 Å². The molecule has 11 nitrogen and oxygen atoms in total. The van der Waals surface area contributed by atoms with Gasteiger partial charge in [-0.3, -0.25) is 33.7 Å². The van der Waals surface area contributed by atoms with Crippen LogP contribution in [0.2, 0.25) is 0 Å². The molecule has 0 spiro atoms. The number of rotatable bonds is 7. The van der Waals surface area contributed by atoms with E-state index < -0.39 is 11.9 Å². The topological polar surface area (TPSA) is 117 Å². The number of pyridine rings is 1. The Bertz CT molecular complexity index is 2050. The highest BCUT2D eigenvalue weighted by Gasteiger charge is 2.42. The third-order valence-corrected chi connectivity index (χ3v) is 11.2. The quantitative estimate of drug-likeness (QED) is 0.301. The number of benzene rings is 2. The van der Waals surface area contributed by atoms with Gasteiger partial charge in [0.05, 0.1) is 30.8 Å². The lowest BCUT2D eigenvalue weighted by atomic mass is 9.94. The second-order valence-corrected chi connectivity index (χ2v) is 13.8. The number of piperidine rings is 1. The predicted octanol–water partition coefficient (Wildman–Crippen LogP) is 3.94. The summed E-state index contributed by atoms with van der Waals surface area (Å²) in [6.07, 6.45) is 4.46. The number of aromatic nitrogens is 3. The van der Waals surface area contributed by atoms with Crippen molar-refractivity contribution in [2.24, 2.45) is 25.9 Å². The fourth-order valence-electron chi connectivity index (χ4n) is 8.59. The molecule has 1 aliphatic carbocycles. The average molecular weight is 654 g/mol. The molecule has 3 unspecified atom stereocenters. The van der Waals surface area contributed by atoms with E-state index in [-0.39, 0.29) is 23.6 Å². The monoisotopic (exact) mass is 653 g/mol. The van der Waals surface area contributed by atoms with Gasteiger partial charge < -0.3 is 14.0 Å². The van der Waals surface area contributed by atoms with Gasteiger partial charge in [0.15, 0.2) is 0 Å². The summed E-state index contributed by atoms with van der Waals surface area (Å²) in [5.41, 5.74) is 7.15. The number of fused-ring (bicyclic) bond motifs is 2. The normalized spacial score (nSPS) is 22.7. The van der Waals surface area contributed by atoms with Gasteiger partial charge in [-0.2, -0.15) is 0 Å². The van der Waals surface area contributed by atoms with Crippen molar-refractivity contribution in [2.45, 2.75) is 58.0 Å². The van der Waals surface area contributed by atoms with Crippen molar-refractivity contribution in [1.29, 1.82) is 0 Å². The molecular formula is C37H43N5O6. The van der Waals surface area contributed by atoms with Crippen LogP contribution >= 0.6 is 0 Å². The SMILES string of the molecule is COc1cc(-c2cn(C)c(=O)c(C)c2C)cc(OC)c1CN1CC2CC(c3cccc4c3n(C)c(=O)n4C3CCC(=O)NC3=O)CC2C1. The number of imidazole rings is 1. The number of likely N-dealkylation sites (tertiary alicyclic amines) is 1. The maximum atomic E-state index is 13.5. The number of amides is 2. The van der Waals surface area contributed by atoms with E-state index in [1.54, 1.807) is 42.0 Å². The summed E-state index contributed by atoms with van der Waals surface area (Å²) in [6.45, 7) is 6.45. The third-order valence-electron chi connectivity index (χ3n) is 11.2. The molecule has 2 aromatic carbocycles. The lowest BCUT2D eigenvalue weighted by Gasteiger charge is -2.23. The Hall–Kier alpha value is -4.64. The Morgan fingerprint density at radius 2 is 1.58 bits per heavy atom. The largest absolute Gasteiger partial charge is 0.496 e. The van der Waals surface area contributed by atoms with Crippen LogP contribution in [0.3, 0.4) is 0 Å². The smallest absolute Gasteiger partial charge is 0.329 e. The second-order valence-electron chi connectivity index (χ2n) is 13.8. The minimum absolute atomic E-state index is 0.0000197. The molecule has 4 heterocycles. The summed E-state index contributed by atoms with van der Waals surface area (Å²) >= 11 is 0. The van der Waals surface area contributed by atoms with Crippen LogP contribution in [0.4, 0.5) is 0 Å². The van der Waals surface area contributed by atoms with Gasteiger partial charge in [-0.25, -0.2) is 4.79 Å². The summed E-state index contributed by atoms with van der Waals surface area (Å²) in [6, 6.07) is 9.43. The fourth-order valence-corrected chi connectivity index (χ4v) is 8.59. The molecule has 4 aromatic rings. The summed E-state index contributed by atoms with van der Waals surface area (Å²) in [5, 5.41) is 2.40. The van der Waals surface area contributed by atoms with Crippen molar-refractivity contribution >= 4 is 22.8 Å². The highest BCUT2D eigenvalue weighted by molar-refractivity contribution is 6.00. The Balaban J connectivity index is 1.11. The first kappa shape index (κ1) is 31.9. The van der Waals surface area contributed by atoms with Gasteiger partial charge >= 0.3 is 5.69 Å². The van der Waals surface area contributed by atoms with E-state index in [1.807, 2.05) is 44.3 Å². The molecular weight excluding hydrogens is 610 g/mol. The summed E-state index contributed by atoms with van der Waals surface area (Å²) in [7, 11) is 6.92. The zero-order valence-electron chi connectivity index (χ0n) is 28.5. The van der Waals surface area contributed by atoms with E-state index >= 15 is 0 Å². The number of hydrogen-bond acceptors (Lipinski definition) is 7. The molecule has 252 valence electrons. The molecule has 11 heteroatoms. The number of carbonyl (C=O) groups is 2. The van der Waals surface area contributed by atoms with Gasteiger partial charge in [-0.15, -0.1) is 0 Å². The van der Waals surface area contributed by atoms with E-state index in [0.29, 0.717) is 30.7 Å². The lowest BCUT2D eigenvalue weighted by Crippen LogP contribution is -2.44. The standard InChI is InChI=1S/C37H43N5O6/c1-20-21(2)36(45)39(3)18-27(20)23-14-31(47-5)28(32(15-23)48-6)19-41-16-24-12-22(13-25(24)17-41)26-8-7-9-29-34(26)40(4)37(46)42(29)30-10-11-33(43)38-35(30)44/h7-9,14-15,18,22,24-25,30H,10-13,16-17,19H2,1-6H3,(H,38,43,44). The molecule has 2 aliphatic heterocycles. The molecule has 7 rings (SSSR count). The molecule has 1 saturated carbocycles. The van der Waals surface area contributed by atoms with Gasteiger partial charge in [0.2, 0.25) is 11.8 Å². The predicted molar refractivity (Wildman–Crippen MR) is 183 cm³/mol. The van der Waals surface area contributed by atoms with Crippen molar-refractivity contribution in [3.63, 3.8) is 0 Å². The zero-order chi connectivity index (χ0) is 34.0. The van der Waals surface area contributed by atoms with Crippen LogP contribution in [0.25, 0.3) is 22.2 Å². The molecule has 3 aliphatic rings. The van der Waals surface area contributed by atoms with Crippen LogP contribution in [0.1, 0.15) is 59.9 Å². The molecule has 2 amide bonds. The fraction of sp³-hybridized carbons (Fsp3) is 0.459. The third kappa shape index (κ3) is 5.15. The number of imide groups is 1. The van der Waals surface area contributed by atoms with Gasteiger partial charge in [-0.1, -0.05) is 12.1 Å². The second kappa shape index (κ2) is 12.1. The molecule has 0 radical (unpaired) electrons. The van der Waals surface area contributed by atoms with Crippen molar-refractivity contribution < 1.29 is 19.1 Å². The first-order valence-corrected chi connectivity index (χ1v) is 16.7. The molecule has 2 saturated heterocycles. The summed E-state index contributed by atoms with van der Waals surface area (Å²) in [5.74, 6) is 2.17. The van der Waals surface area contributed by atoms with Crippen LogP contribution in [-0.4, -0.2) is 57.7 Å². The number of nitrogens with zero attached hydrogens (tertiary/aromatic N) is 4. The van der Waals surface area contributed by atoms with Gasteiger partial charge in [0.25, 0.3) is 5.56 Å². The first-order chi connectivity index (χ1) is 23.0. The number of methoxy groups -OCH3 is 2. The van der Waals surface area contributed by atoms with Crippen molar-refractivity contribution in [1.82, 2.24) is 23.9 Å². The lowest BCUT2D eigenvalue weighted by molar-refractivity contribution is -0.135. The van der Waals surface area contributed by atoms with Crippen LogP contribution in [0, 0.1) is 25.7 Å². The molecule has 48 heavy (non-hydrogen) atoms. The van der Waals surface area contributed by atoms with Crippen molar-refractivity contribution in [2.75, 3.05) is 27.3 Å². The van der Waals surface area contributed by atoms with Crippen molar-refractivity contribution in [3.8, 4) is 22.6 Å². The summed E-state index contributed by atoms with van der Waals surface area (Å²) in [4.78, 5) is 53.0. The van der Waals surface area contributed by atoms with Gasteiger partial charge in [0.1, 0.15) is 17.5 Å². The maximum Gasteiger partial charge on any atom is 0.329 e. The Morgan fingerprint density at radius 1 is 0.917 bits per heavy atom. The van der Waals surface area contributed by atoms with Crippen LogP contribution in [0.15, 0.2) is 46.1 Å². The van der Waals surface area contributed by atoms with E-state index in [9.17, 15) is 19.2 Å². The van der Waals surface area contributed by atoms with Crippen LogP contribution < -0.4 is 26.0 Å². The molecule has 2 aromatic heterocycles.